The number of carbonyl (C=O) groups is 4. The number of hydrogen-bond donors (Lipinski definition) is 2. The summed E-state index contributed by atoms with van der Waals surface area (Å²) in [6.07, 6.45) is 0. The summed E-state index contributed by atoms with van der Waals surface area (Å²) in [4.78, 5) is 63.0. The summed E-state index contributed by atoms with van der Waals surface area (Å²) in [7, 11) is 0. The largest absolute Gasteiger partial charge is 0.478 e. The predicted molar refractivity (Wildman–Crippen MR) is 121 cm³/mol. The number of carboxylic acid groups (broad SMARTS) is 2. The molecule has 0 fully saturated rings. The van der Waals surface area contributed by atoms with Crippen LogP contribution in [0.4, 0.5) is 0 Å². The Morgan fingerprint density at radius 2 is 0.889 bits per heavy atom. The molecular weight excluding hydrogens is 480 g/mol. The molecule has 196 valence electrons. The van der Waals surface area contributed by atoms with Crippen LogP contribution in [0.15, 0.2) is 48.5 Å². The molecule has 0 bridgehead atoms. The molecule has 0 heterocycles. The first-order chi connectivity index (χ1) is 16.6. The third-order valence-corrected chi connectivity index (χ3v) is 3.48. The number of carbonyl (C=O) groups excluding carboxylic acids is 2. The van der Waals surface area contributed by atoms with Gasteiger partial charge < -0.3 is 10.2 Å². The van der Waals surface area contributed by atoms with Crippen molar-refractivity contribution >= 4 is 23.9 Å². The van der Waals surface area contributed by atoms with E-state index in [0.29, 0.717) is 0 Å². The van der Waals surface area contributed by atoms with E-state index in [1.807, 2.05) is 0 Å². The van der Waals surface area contributed by atoms with E-state index in [9.17, 15) is 19.2 Å². The molecule has 0 amide bonds. The van der Waals surface area contributed by atoms with Gasteiger partial charge in [0, 0.05) is 0 Å². The zero-order chi connectivity index (χ0) is 27.5. The van der Waals surface area contributed by atoms with E-state index in [4.69, 9.17) is 20.0 Å². The van der Waals surface area contributed by atoms with Gasteiger partial charge in [0.05, 0.1) is 33.5 Å². The van der Waals surface area contributed by atoms with Crippen LogP contribution in [0.5, 0.6) is 0 Å². The van der Waals surface area contributed by atoms with Gasteiger partial charge in [0.15, 0.2) is 0 Å². The number of aromatic carboxylic acids is 2. The zero-order valence-corrected chi connectivity index (χ0v) is 20.6. The Kier molecular flexibility index (Phi) is 11.2. The molecule has 12 nitrogen and oxygen atoms in total. The first-order valence-corrected chi connectivity index (χ1v) is 10.4. The molecule has 36 heavy (non-hydrogen) atoms. The van der Waals surface area contributed by atoms with Crippen molar-refractivity contribution in [2.24, 2.45) is 0 Å². The first-order valence-electron chi connectivity index (χ1n) is 10.4. The van der Waals surface area contributed by atoms with Crippen LogP contribution in [0.25, 0.3) is 0 Å². The van der Waals surface area contributed by atoms with Gasteiger partial charge in [-0.05, 0) is 88.0 Å². The Labute approximate surface area is 207 Å². The smallest absolute Gasteiger partial charge is 0.376 e. The minimum Gasteiger partial charge on any atom is -0.478 e. The highest BCUT2D eigenvalue weighted by atomic mass is 17.5. The van der Waals surface area contributed by atoms with Gasteiger partial charge in [0.25, 0.3) is 0 Å². The van der Waals surface area contributed by atoms with Gasteiger partial charge >= 0.3 is 23.9 Å². The summed E-state index contributed by atoms with van der Waals surface area (Å²) in [5.41, 5.74) is -1.19. The molecule has 2 rings (SSSR count). The molecule has 2 aromatic rings. The fraction of sp³-hybridized carbons (Fsp3) is 0.333. The first kappa shape index (κ1) is 30.2. The summed E-state index contributed by atoms with van der Waals surface area (Å²) in [6.45, 7) is 10.3. The fourth-order valence-corrected chi connectivity index (χ4v) is 1.95. The normalized spacial score (nSPS) is 11.1. The van der Waals surface area contributed by atoms with E-state index in [1.54, 1.807) is 41.5 Å². The van der Waals surface area contributed by atoms with Gasteiger partial charge in [-0.3, -0.25) is 9.78 Å². The second kappa shape index (κ2) is 13.3. The highest BCUT2D eigenvalue weighted by Crippen LogP contribution is 2.13. The van der Waals surface area contributed by atoms with Crippen molar-refractivity contribution in [1.29, 1.82) is 0 Å². The Morgan fingerprint density at radius 1 is 0.583 bits per heavy atom. The van der Waals surface area contributed by atoms with Gasteiger partial charge in [-0.25, -0.2) is 19.2 Å². The Hall–Kier alpha value is -3.84. The third-order valence-electron chi connectivity index (χ3n) is 3.48. The van der Waals surface area contributed by atoms with E-state index in [-0.39, 0.29) is 22.3 Å². The Morgan fingerprint density at radius 3 is 1.19 bits per heavy atom. The molecule has 0 aromatic heterocycles. The molecule has 0 aliphatic rings. The summed E-state index contributed by atoms with van der Waals surface area (Å²) >= 11 is 0. The van der Waals surface area contributed by atoms with Crippen molar-refractivity contribution in [2.75, 3.05) is 0 Å². The molecule has 2 N–H and O–H groups in total. The van der Waals surface area contributed by atoms with E-state index in [2.05, 4.69) is 19.9 Å². The number of hydrogen-bond acceptors (Lipinski definition) is 10. The standard InChI is InChI=1S/C16H22O8.C8H6O4/c1-15(2,3)21-23-19-13(17)11-8-7-9-12(10-11)14(18)20-24-22-16(4,5)6;9-7(10)5-2-1-3-6(4-5)8(11)12/h7-10H,1-6H3;1-4H,(H,9,10)(H,11,12). The summed E-state index contributed by atoms with van der Waals surface area (Å²) in [5.74, 6) is -3.92. The Bertz CT molecular complexity index is 987. The third kappa shape index (κ3) is 12.0. The maximum Gasteiger partial charge on any atom is 0.376 e. The lowest BCUT2D eigenvalue weighted by atomic mass is 10.1. The Balaban J connectivity index is 0.000000450. The van der Waals surface area contributed by atoms with Crippen LogP contribution in [0, 0.1) is 0 Å². The molecule has 0 atom stereocenters. The number of carboxylic acids is 2. The lowest BCUT2D eigenvalue weighted by Gasteiger charge is -2.15. The van der Waals surface area contributed by atoms with Crippen LogP contribution in [0.2, 0.25) is 0 Å². The monoisotopic (exact) mass is 508 g/mol. The molecule has 2 aromatic carbocycles. The molecule has 0 radical (unpaired) electrons. The van der Waals surface area contributed by atoms with Crippen molar-refractivity contribution in [3.8, 4) is 0 Å². The minimum atomic E-state index is -1.13. The minimum absolute atomic E-state index is 0.0186. The van der Waals surface area contributed by atoms with Crippen LogP contribution in [0.3, 0.4) is 0 Å². The van der Waals surface area contributed by atoms with Crippen LogP contribution >= 0.6 is 0 Å². The van der Waals surface area contributed by atoms with Crippen molar-refractivity contribution in [1.82, 2.24) is 0 Å². The van der Waals surface area contributed by atoms with Gasteiger partial charge in [0.2, 0.25) is 0 Å². The van der Waals surface area contributed by atoms with Crippen molar-refractivity contribution in [2.45, 2.75) is 52.7 Å². The van der Waals surface area contributed by atoms with Crippen molar-refractivity contribution in [3.05, 3.63) is 70.8 Å². The van der Waals surface area contributed by atoms with Gasteiger partial charge in [0.1, 0.15) is 0 Å². The quantitative estimate of drug-likeness (QED) is 0.382. The molecular formula is C24H28O12. The van der Waals surface area contributed by atoms with Crippen molar-refractivity contribution < 1.29 is 59.0 Å². The molecule has 0 saturated heterocycles. The predicted octanol–water partition coefficient (Wildman–Crippen LogP) is 4.41. The number of rotatable bonds is 8. The van der Waals surface area contributed by atoms with Gasteiger partial charge in [-0.2, -0.15) is 9.78 Å². The summed E-state index contributed by atoms with van der Waals surface area (Å²) in [5, 5.41) is 25.8. The second-order valence-electron chi connectivity index (χ2n) is 9.04. The lowest BCUT2D eigenvalue weighted by molar-refractivity contribution is -0.510. The average Bonchev–Trinajstić information content (AvgIpc) is 2.77. The second-order valence-corrected chi connectivity index (χ2v) is 9.04. The average molecular weight is 508 g/mol. The van der Waals surface area contributed by atoms with E-state index < -0.39 is 35.1 Å². The summed E-state index contributed by atoms with van der Waals surface area (Å²) in [6, 6.07) is 10.8. The molecule has 0 aliphatic carbocycles. The van der Waals surface area contributed by atoms with Crippen LogP contribution in [-0.4, -0.2) is 45.3 Å². The highest BCUT2D eigenvalue weighted by molar-refractivity contribution is 5.95. The van der Waals surface area contributed by atoms with Crippen LogP contribution in [0.1, 0.15) is 83.0 Å². The van der Waals surface area contributed by atoms with E-state index in [1.165, 1.54) is 42.5 Å². The maximum atomic E-state index is 11.8. The van der Waals surface area contributed by atoms with Crippen LogP contribution < -0.4 is 0 Å². The SMILES string of the molecule is CC(C)(C)OOOC(=O)c1cccc(C(=O)OOOC(C)(C)C)c1.O=C(O)c1cccc(C(=O)O)c1. The zero-order valence-electron chi connectivity index (χ0n) is 20.6. The number of benzene rings is 2. The molecule has 12 heteroatoms. The molecule has 0 unspecified atom stereocenters. The van der Waals surface area contributed by atoms with Crippen LogP contribution in [-0.2, 0) is 29.6 Å². The lowest BCUT2D eigenvalue weighted by Crippen LogP contribution is -2.21. The van der Waals surface area contributed by atoms with Crippen molar-refractivity contribution in [3.63, 3.8) is 0 Å². The van der Waals surface area contributed by atoms with Gasteiger partial charge in [-0.15, -0.1) is 0 Å². The molecule has 0 saturated carbocycles. The summed E-state index contributed by atoms with van der Waals surface area (Å²) < 4.78 is 0. The maximum absolute atomic E-state index is 11.8. The highest BCUT2D eigenvalue weighted by Gasteiger charge is 2.19. The van der Waals surface area contributed by atoms with E-state index in [0.717, 1.165) is 6.07 Å². The fourth-order valence-electron chi connectivity index (χ4n) is 1.95. The molecule has 0 spiro atoms. The molecule has 0 aliphatic heterocycles. The van der Waals surface area contributed by atoms with E-state index >= 15 is 0 Å². The van der Waals surface area contributed by atoms with Gasteiger partial charge in [-0.1, -0.05) is 12.1 Å². The topological polar surface area (TPSA) is 164 Å².